The quantitative estimate of drug-likeness (QED) is 0.428. The third-order valence-electron chi connectivity index (χ3n) is 1.50. The van der Waals surface area contributed by atoms with Crippen LogP contribution in [0, 0.1) is 10.1 Å². The van der Waals surface area contributed by atoms with Gasteiger partial charge < -0.3 is 9.84 Å². The first-order chi connectivity index (χ1) is 4.62. The molecule has 1 heterocycles. The van der Waals surface area contributed by atoms with Crippen molar-refractivity contribution in [3.8, 4) is 0 Å². The van der Waals surface area contributed by atoms with E-state index in [1.165, 1.54) is 0 Å². The van der Waals surface area contributed by atoms with Crippen LogP contribution in [0.2, 0.25) is 0 Å². The molecule has 0 saturated carbocycles. The van der Waals surface area contributed by atoms with Gasteiger partial charge in [-0.3, -0.25) is 10.1 Å². The summed E-state index contributed by atoms with van der Waals surface area (Å²) in [6.07, 6.45) is 0.194. The van der Waals surface area contributed by atoms with Crippen LogP contribution in [0.4, 0.5) is 0 Å². The number of nitro groups is 1. The summed E-state index contributed by atoms with van der Waals surface area (Å²) in [5.41, 5.74) is -0.910. The van der Waals surface area contributed by atoms with Gasteiger partial charge in [0.15, 0.2) is 0 Å². The van der Waals surface area contributed by atoms with Crippen molar-refractivity contribution in [2.75, 3.05) is 19.8 Å². The maximum Gasteiger partial charge on any atom is 0.206 e. The van der Waals surface area contributed by atoms with Crippen LogP contribution < -0.4 is 0 Å². The molecule has 0 aromatic heterocycles. The molecule has 0 unspecified atom stereocenters. The summed E-state index contributed by atoms with van der Waals surface area (Å²) in [4.78, 5) is 9.41. The monoisotopic (exact) mass is 147 g/mol. The molecule has 1 aliphatic rings. The second-order valence-corrected chi connectivity index (χ2v) is 2.52. The van der Waals surface area contributed by atoms with Gasteiger partial charge in [0.2, 0.25) is 6.54 Å². The molecule has 0 amide bonds. The van der Waals surface area contributed by atoms with Crippen molar-refractivity contribution in [1.82, 2.24) is 0 Å². The summed E-state index contributed by atoms with van der Waals surface area (Å²) in [6.45, 7) is 0.293. The average Bonchev–Trinajstić information content (AvgIpc) is 1.79. The Morgan fingerprint density at radius 3 is 2.60 bits per heavy atom. The van der Waals surface area contributed by atoms with Gasteiger partial charge in [0.25, 0.3) is 0 Å². The third kappa shape index (κ3) is 1.65. The SMILES string of the molecule is O=[N+]([O-])CCC1(O)COC1. The minimum absolute atomic E-state index is 0.181. The van der Waals surface area contributed by atoms with Crippen molar-refractivity contribution in [3.63, 3.8) is 0 Å². The van der Waals surface area contributed by atoms with Gasteiger partial charge in [-0.25, -0.2) is 0 Å². The van der Waals surface area contributed by atoms with Crippen LogP contribution in [-0.2, 0) is 4.74 Å². The highest BCUT2D eigenvalue weighted by Gasteiger charge is 2.37. The Kier molecular flexibility index (Phi) is 1.87. The zero-order chi connectivity index (χ0) is 7.61. The normalized spacial score (nSPS) is 21.7. The highest BCUT2D eigenvalue weighted by Crippen LogP contribution is 2.19. The second-order valence-electron chi connectivity index (χ2n) is 2.52. The molecule has 0 bridgehead atoms. The second kappa shape index (κ2) is 2.51. The molecule has 0 atom stereocenters. The number of nitrogens with zero attached hydrogens (tertiary/aromatic N) is 1. The van der Waals surface area contributed by atoms with E-state index >= 15 is 0 Å². The zero-order valence-electron chi connectivity index (χ0n) is 5.45. The summed E-state index contributed by atoms with van der Waals surface area (Å²) in [7, 11) is 0. The fourth-order valence-corrected chi connectivity index (χ4v) is 0.781. The van der Waals surface area contributed by atoms with Gasteiger partial charge in [0.1, 0.15) is 5.60 Å². The van der Waals surface area contributed by atoms with Gasteiger partial charge >= 0.3 is 0 Å². The maximum atomic E-state index is 9.84. The molecule has 0 aromatic rings. The van der Waals surface area contributed by atoms with Crippen molar-refractivity contribution in [1.29, 1.82) is 0 Å². The van der Waals surface area contributed by atoms with E-state index in [1.807, 2.05) is 0 Å². The lowest BCUT2D eigenvalue weighted by Gasteiger charge is -2.34. The summed E-state index contributed by atoms with van der Waals surface area (Å²) in [5.74, 6) is 0. The highest BCUT2D eigenvalue weighted by atomic mass is 16.6. The molecule has 0 aromatic carbocycles. The van der Waals surface area contributed by atoms with Crippen LogP contribution in [0.1, 0.15) is 6.42 Å². The molecule has 5 nitrogen and oxygen atoms in total. The van der Waals surface area contributed by atoms with Crippen molar-refractivity contribution < 1.29 is 14.8 Å². The Morgan fingerprint density at radius 2 is 2.30 bits per heavy atom. The number of rotatable bonds is 3. The minimum Gasteiger partial charge on any atom is -0.385 e. The molecule has 58 valence electrons. The fraction of sp³-hybridized carbons (Fsp3) is 1.00. The van der Waals surface area contributed by atoms with Gasteiger partial charge in [0, 0.05) is 11.3 Å². The fourth-order valence-electron chi connectivity index (χ4n) is 0.781. The minimum atomic E-state index is -0.910. The van der Waals surface area contributed by atoms with Crippen LogP contribution in [-0.4, -0.2) is 35.4 Å². The number of aliphatic hydroxyl groups is 1. The summed E-state index contributed by atoms with van der Waals surface area (Å²) in [5, 5.41) is 19.1. The van der Waals surface area contributed by atoms with E-state index in [-0.39, 0.29) is 26.2 Å². The summed E-state index contributed by atoms with van der Waals surface area (Å²) in [6, 6.07) is 0. The van der Waals surface area contributed by atoms with Gasteiger partial charge in [-0.1, -0.05) is 0 Å². The molecule has 1 aliphatic heterocycles. The van der Waals surface area contributed by atoms with Crippen molar-refractivity contribution >= 4 is 0 Å². The lowest BCUT2D eigenvalue weighted by atomic mass is 9.98. The van der Waals surface area contributed by atoms with E-state index < -0.39 is 10.5 Å². The van der Waals surface area contributed by atoms with E-state index in [0.717, 1.165) is 0 Å². The standard InChI is InChI=1S/C5H9NO4/c7-5(3-10-4-5)1-2-6(8)9/h7H,1-4H2. The van der Waals surface area contributed by atoms with E-state index in [4.69, 9.17) is 4.74 Å². The molecule has 1 fully saturated rings. The first kappa shape index (κ1) is 7.43. The van der Waals surface area contributed by atoms with Crippen molar-refractivity contribution in [2.24, 2.45) is 0 Å². The first-order valence-electron chi connectivity index (χ1n) is 3.04. The van der Waals surface area contributed by atoms with Gasteiger partial charge in [-0.15, -0.1) is 0 Å². The number of hydrogen-bond donors (Lipinski definition) is 1. The van der Waals surface area contributed by atoms with Crippen LogP contribution >= 0.6 is 0 Å². The lowest BCUT2D eigenvalue weighted by molar-refractivity contribution is -0.485. The molecule has 0 aliphatic carbocycles. The third-order valence-corrected chi connectivity index (χ3v) is 1.50. The predicted octanol–water partition coefficient (Wildman–Crippen LogP) is -0.586. The highest BCUT2D eigenvalue weighted by molar-refractivity contribution is 4.84. The Labute approximate surface area is 57.8 Å². The van der Waals surface area contributed by atoms with E-state index in [1.54, 1.807) is 0 Å². The van der Waals surface area contributed by atoms with Gasteiger partial charge in [-0.2, -0.15) is 0 Å². The molecule has 0 spiro atoms. The lowest BCUT2D eigenvalue weighted by Crippen LogP contribution is -2.50. The molecule has 1 saturated heterocycles. The summed E-state index contributed by atoms with van der Waals surface area (Å²) >= 11 is 0. The Bertz CT molecular complexity index is 143. The van der Waals surface area contributed by atoms with E-state index in [9.17, 15) is 15.2 Å². The Hall–Kier alpha value is -0.680. The average molecular weight is 147 g/mol. The van der Waals surface area contributed by atoms with E-state index in [2.05, 4.69) is 0 Å². The predicted molar refractivity (Wildman–Crippen MR) is 32.2 cm³/mol. The molecule has 0 radical (unpaired) electrons. The van der Waals surface area contributed by atoms with Gasteiger partial charge in [0.05, 0.1) is 13.2 Å². The maximum absolute atomic E-state index is 9.84. The molecular formula is C5H9NO4. The van der Waals surface area contributed by atoms with Crippen LogP contribution in [0.5, 0.6) is 0 Å². The Morgan fingerprint density at radius 1 is 1.70 bits per heavy atom. The van der Waals surface area contributed by atoms with Crippen LogP contribution in [0.15, 0.2) is 0 Å². The van der Waals surface area contributed by atoms with Crippen LogP contribution in [0.3, 0.4) is 0 Å². The molecule has 10 heavy (non-hydrogen) atoms. The van der Waals surface area contributed by atoms with E-state index in [0.29, 0.717) is 0 Å². The molecular weight excluding hydrogens is 138 g/mol. The molecule has 1 N–H and O–H groups in total. The largest absolute Gasteiger partial charge is 0.385 e. The molecule has 1 rings (SSSR count). The van der Waals surface area contributed by atoms with Crippen LogP contribution in [0.25, 0.3) is 0 Å². The number of ether oxygens (including phenoxy) is 1. The zero-order valence-corrected chi connectivity index (χ0v) is 5.45. The summed E-state index contributed by atoms with van der Waals surface area (Å²) < 4.78 is 4.70. The number of hydrogen-bond acceptors (Lipinski definition) is 4. The van der Waals surface area contributed by atoms with Crippen molar-refractivity contribution in [2.45, 2.75) is 12.0 Å². The topological polar surface area (TPSA) is 72.6 Å². The van der Waals surface area contributed by atoms with Gasteiger partial charge in [-0.05, 0) is 0 Å². The molecule has 5 heteroatoms. The Balaban J connectivity index is 2.18. The smallest absolute Gasteiger partial charge is 0.206 e. The first-order valence-corrected chi connectivity index (χ1v) is 3.04. The van der Waals surface area contributed by atoms with Crippen molar-refractivity contribution in [3.05, 3.63) is 10.1 Å².